The van der Waals surface area contributed by atoms with Crippen LogP contribution < -0.4 is 10.9 Å². The Kier molecular flexibility index (Phi) is 4.51. The molecule has 2 aromatic heterocycles. The highest BCUT2D eigenvalue weighted by molar-refractivity contribution is 5.76. The first kappa shape index (κ1) is 15.7. The van der Waals surface area contributed by atoms with Gasteiger partial charge in [0.05, 0.1) is 18.2 Å². The highest BCUT2D eigenvalue weighted by Gasteiger charge is 2.11. The summed E-state index contributed by atoms with van der Waals surface area (Å²) in [6.45, 7) is 4.21. The van der Waals surface area contributed by atoms with E-state index >= 15 is 0 Å². The quantitative estimate of drug-likeness (QED) is 0.693. The summed E-state index contributed by atoms with van der Waals surface area (Å²) in [5.41, 5.74) is 1.12. The molecule has 0 radical (unpaired) electrons. The Hall–Kier alpha value is -3.22. The number of nitrogens with zero attached hydrogens (tertiary/aromatic N) is 4. The van der Waals surface area contributed by atoms with Crippen molar-refractivity contribution < 1.29 is 4.79 Å². The van der Waals surface area contributed by atoms with Crippen LogP contribution in [-0.4, -0.2) is 31.8 Å². The van der Waals surface area contributed by atoms with E-state index in [0.717, 1.165) is 5.69 Å². The summed E-state index contributed by atoms with van der Waals surface area (Å²) in [4.78, 5) is 28.5. The molecule has 0 aliphatic heterocycles. The number of aryl methyl sites for hydroxylation is 1. The number of carbonyl (C=O) groups excluding carboxylic acids is 1. The Labute approximate surface area is 138 Å². The van der Waals surface area contributed by atoms with Gasteiger partial charge in [-0.05, 0) is 12.1 Å². The van der Waals surface area contributed by atoms with Crippen LogP contribution in [0.2, 0.25) is 0 Å². The molecule has 0 saturated heterocycles. The minimum absolute atomic E-state index is 0.137. The SMILES string of the molecule is C=CCNC(=O)CCn1cnc2c(cnn2-c2ccccc2)c1=O. The molecule has 3 rings (SSSR count). The van der Waals surface area contributed by atoms with Gasteiger partial charge in [0.1, 0.15) is 5.39 Å². The summed E-state index contributed by atoms with van der Waals surface area (Å²) in [5.74, 6) is -0.137. The second-order valence-corrected chi connectivity index (χ2v) is 5.22. The van der Waals surface area contributed by atoms with Crippen LogP contribution in [0.4, 0.5) is 0 Å². The van der Waals surface area contributed by atoms with Crippen molar-refractivity contribution in [1.29, 1.82) is 0 Å². The van der Waals surface area contributed by atoms with Crippen LogP contribution in [0.25, 0.3) is 16.7 Å². The van der Waals surface area contributed by atoms with E-state index in [0.29, 0.717) is 17.6 Å². The molecule has 2 heterocycles. The Morgan fingerprint density at radius 2 is 2.08 bits per heavy atom. The lowest BCUT2D eigenvalue weighted by molar-refractivity contribution is -0.121. The smallest absolute Gasteiger partial charge is 0.264 e. The van der Waals surface area contributed by atoms with Crippen LogP contribution in [-0.2, 0) is 11.3 Å². The molecule has 0 saturated carbocycles. The summed E-state index contributed by atoms with van der Waals surface area (Å²) >= 11 is 0. The van der Waals surface area contributed by atoms with E-state index in [9.17, 15) is 9.59 Å². The van der Waals surface area contributed by atoms with Gasteiger partial charge in [-0.2, -0.15) is 5.10 Å². The zero-order valence-corrected chi connectivity index (χ0v) is 13.1. The van der Waals surface area contributed by atoms with Crippen LogP contribution in [0.3, 0.4) is 0 Å². The Balaban J connectivity index is 1.86. The number of nitrogens with one attached hydrogen (secondary N) is 1. The predicted molar refractivity (Wildman–Crippen MR) is 90.9 cm³/mol. The first-order valence-electron chi connectivity index (χ1n) is 7.57. The van der Waals surface area contributed by atoms with Crippen molar-refractivity contribution >= 4 is 16.9 Å². The van der Waals surface area contributed by atoms with E-state index in [1.807, 2.05) is 30.3 Å². The molecule has 7 heteroatoms. The molecule has 0 bridgehead atoms. The first-order chi connectivity index (χ1) is 11.7. The van der Waals surface area contributed by atoms with Gasteiger partial charge in [0.15, 0.2) is 5.65 Å². The number of fused-ring (bicyclic) bond motifs is 1. The molecule has 0 spiro atoms. The van der Waals surface area contributed by atoms with E-state index < -0.39 is 0 Å². The van der Waals surface area contributed by atoms with E-state index in [1.54, 1.807) is 10.8 Å². The summed E-state index contributed by atoms with van der Waals surface area (Å²) in [6, 6.07) is 9.48. The molecular weight excluding hydrogens is 306 g/mol. The number of hydrogen-bond donors (Lipinski definition) is 1. The number of rotatable bonds is 6. The topological polar surface area (TPSA) is 81.8 Å². The van der Waals surface area contributed by atoms with E-state index in [-0.39, 0.29) is 24.4 Å². The summed E-state index contributed by atoms with van der Waals surface area (Å²) < 4.78 is 3.05. The number of benzene rings is 1. The fourth-order valence-corrected chi connectivity index (χ4v) is 2.36. The van der Waals surface area contributed by atoms with Gasteiger partial charge >= 0.3 is 0 Å². The summed E-state index contributed by atoms with van der Waals surface area (Å²) in [5, 5.41) is 7.35. The van der Waals surface area contributed by atoms with Gasteiger partial charge in [0.2, 0.25) is 5.91 Å². The second kappa shape index (κ2) is 6.91. The molecule has 0 aliphatic carbocycles. The van der Waals surface area contributed by atoms with Crippen LogP contribution >= 0.6 is 0 Å². The van der Waals surface area contributed by atoms with Crippen LogP contribution in [0.15, 0.2) is 60.3 Å². The molecule has 0 aliphatic rings. The van der Waals surface area contributed by atoms with Crippen molar-refractivity contribution in [2.75, 3.05) is 6.54 Å². The molecule has 1 amide bonds. The molecule has 7 nitrogen and oxygen atoms in total. The average molecular weight is 323 g/mol. The number of hydrogen-bond acceptors (Lipinski definition) is 4. The van der Waals surface area contributed by atoms with E-state index in [4.69, 9.17) is 0 Å². The third-order valence-electron chi connectivity index (χ3n) is 3.58. The monoisotopic (exact) mass is 323 g/mol. The molecule has 122 valence electrons. The third kappa shape index (κ3) is 3.10. The van der Waals surface area contributed by atoms with E-state index in [1.165, 1.54) is 17.1 Å². The molecule has 0 fully saturated rings. The van der Waals surface area contributed by atoms with Crippen molar-refractivity contribution in [3.63, 3.8) is 0 Å². The standard InChI is InChI=1S/C17H17N5O2/c1-2-9-18-15(23)8-10-21-12-19-16-14(17(21)24)11-20-22(16)13-6-4-3-5-7-13/h2-7,11-12H,1,8-10H2,(H,18,23). The zero-order valence-electron chi connectivity index (χ0n) is 13.1. The molecule has 1 aromatic carbocycles. The predicted octanol–water partition coefficient (Wildman–Crippen LogP) is 1.27. The fraction of sp³-hybridized carbons (Fsp3) is 0.176. The van der Waals surface area contributed by atoms with Crippen molar-refractivity contribution in [3.05, 3.63) is 65.9 Å². The molecule has 0 unspecified atom stereocenters. The first-order valence-corrected chi connectivity index (χ1v) is 7.57. The highest BCUT2D eigenvalue weighted by Crippen LogP contribution is 2.12. The largest absolute Gasteiger partial charge is 0.353 e. The van der Waals surface area contributed by atoms with Gasteiger partial charge in [-0.1, -0.05) is 24.3 Å². The molecule has 0 atom stereocenters. The summed E-state index contributed by atoms with van der Waals surface area (Å²) in [7, 11) is 0. The molecular formula is C17H17N5O2. The maximum atomic E-state index is 12.5. The Morgan fingerprint density at radius 1 is 1.29 bits per heavy atom. The fourth-order valence-electron chi connectivity index (χ4n) is 2.36. The van der Waals surface area contributed by atoms with Gasteiger partial charge in [-0.3, -0.25) is 14.2 Å². The van der Waals surface area contributed by atoms with Gasteiger partial charge in [-0.25, -0.2) is 9.67 Å². The molecule has 3 aromatic rings. The Bertz CT molecular complexity index is 927. The highest BCUT2D eigenvalue weighted by atomic mass is 16.1. The van der Waals surface area contributed by atoms with Crippen molar-refractivity contribution in [1.82, 2.24) is 24.6 Å². The van der Waals surface area contributed by atoms with Crippen molar-refractivity contribution in [2.45, 2.75) is 13.0 Å². The minimum Gasteiger partial charge on any atom is -0.353 e. The third-order valence-corrected chi connectivity index (χ3v) is 3.58. The van der Waals surface area contributed by atoms with Crippen LogP contribution in [0, 0.1) is 0 Å². The van der Waals surface area contributed by atoms with Gasteiger partial charge < -0.3 is 5.32 Å². The number of carbonyl (C=O) groups is 1. The van der Waals surface area contributed by atoms with Gasteiger partial charge in [-0.15, -0.1) is 6.58 Å². The maximum absolute atomic E-state index is 12.5. The van der Waals surface area contributed by atoms with Crippen molar-refractivity contribution in [2.24, 2.45) is 0 Å². The second-order valence-electron chi connectivity index (χ2n) is 5.22. The molecule has 24 heavy (non-hydrogen) atoms. The number of para-hydroxylation sites is 1. The average Bonchev–Trinajstić information content (AvgIpc) is 3.05. The minimum atomic E-state index is -0.210. The van der Waals surface area contributed by atoms with Crippen LogP contribution in [0.5, 0.6) is 0 Å². The lowest BCUT2D eigenvalue weighted by atomic mass is 10.3. The maximum Gasteiger partial charge on any atom is 0.264 e. The van der Waals surface area contributed by atoms with Gasteiger partial charge in [0, 0.05) is 19.5 Å². The Morgan fingerprint density at radius 3 is 2.83 bits per heavy atom. The number of aromatic nitrogens is 4. The van der Waals surface area contributed by atoms with Crippen LogP contribution in [0.1, 0.15) is 6.42 Å². The molecule has 1 N–H and O–H groups in total. The van der Waals surface area contributed by atoms with Crippen molar-refractivity contribution in [3.8, 4) is 5.69 Å². The van der Waals surface area contributed by atoms with Gasteiger partial charge in [0.25, 0.3) is 5.56 Å². The summed E-state index contributed by atoms with van der Waals surface area (Å²) in [6.07, 6.45) is 4.77. The van der Waals surface area contributed by atoms with E-state index in [2.05, 4.69) is 22.0 Å². The lowest BCUT2D eigenvalue weighted by Crippen LogP contribution is -2.27. The lowest BCUT2D eigenvalue weighted by Gasteiger charge is -2.06. The zero-order chi connectivity index (χ0) is 16.9. The normalized spacial score (nSPS) is 10.7. The number of amides is 1.